The maximum absolute atomic E-state index is 13.3. The number of hydrogen-bond donors (Lipinski definition) is 1. The van der Waals surface area contributed by atoms with Crippen molar-refractivity contribution in [2.45, 2.75) is 19.3 Å². The summed E-state index contributed by atoms with van der Waals surface area (Å²) in [6, 6.07) is 15.4. The molecule has 9 heteroatoms. The lowest BCUT2D eigenvalue weighted by atomic mass is 10.1. The van der Waals surface area contributed by atoms with Gasteiger partial charge in [0.15, 0.2) is 0 Å². The van der Waals surface area contributed by atoms with Gasteiger partial charge < -0.3 is 19.5 Å². The number of ether oxygens (including phenoxy) is 1. The molecule has 0 bridgehead atoms. The van der Waals surface area contributed by atoms with Gasteiger partial charge in [0, 0.05) is 37.1 Å². The third kappa shape index (κ3) is 6.27. The summed E-state index contributed by atoms with van der Waals surface area (Å²) in [6.45, 7) is 1.18. The highest BCUT2D eigenvalue weighted by Gasteiger charge is 2.34. The predicted octanol–water partition coefficient (Wildman–Crippen LogP) is 5.89. The number of alkyl halides is 3. The molecule has 5 nitrogen and oxygen atoms in total. The van der Waals surface area contributed by atoms with Crippen LogP contribution >= 0.6 is 11.6 Å². The standard InChI is InChI=1S/C23H23ClF3N3O2/c1-32-13-12-30(22(31)28-21-10-3-2-9-20(21)23(25,26)27)16-19-8-5-11-29(19)15-17-6-4-7-18(24)14-17/h2-11,14H,12-13,15-16H2,1H3,(H,28,31). The van der Waals surface area contributed by atoms with Crippen LogP contribution in [0.2, 0.25) is 5.02 Å². The van der Waals surface area contributed by atoms with Crippen LogP contribution in [-0.2, 0) is 24.0 Å². The number of nitrogens with zero attached hydrogens (tertiary/aromatic N) is 2. The lowest BCUT2D eigenvalue weighted by Gasteiger charge is -2.24. The summed E-state index contributed by atoms with van der Waals surface area (Å²) in [4.78, 5) is 14.3. The van der Waals surface area contributed by atoms with Crippen LogP contribution in [0, 0.1) is 0 Å². The maximum atomic E-state index is 13.3. The number of halogens is 4. The van der Waals surface area contributed by atoms with Crippen molar-refractivity contribution in [2.24, 2.45) is 0 Å². The Kier molecular flexibility index (Phi) is 7.82. The van der Waals surface area contributed by atoms with Crippen LogP contribution in [0.3, 0.4) is 0 Å². The molecule has 1 heterocycles. The number of rotatable bonds is 8. The molecule has 0 saturated heterocycles. The molecule has 3 aromatic rings. The Morgan fingerprint density at radius 2 is 1.91 bits per heavy atom. The number of anilines is 1. The smallest absolute Gasteiger partial charge is 0.383 e. The van der Waals surface area contributed by atoms with Crippen LogP contribution in [0.4, 0.5) is 23.7 Å². The second kappa shape index (κ2) is 10.6. The van der Waals surface area contributed by atoms with Crippen LogP contribution in [0.15, 0.2) is 66.9 Å². The van der Waals surface area contributed by atoms with Crippen molar-refractivity contribution >= 4 is 23.3 Å². The van der Waals surface area contributed by atoms with Crippen LogP contribution in [0.1, 0.15) is 16.8 Å². The van der Waals surface area contributed by atoms with Crippen molar-refractivity contribution in [3.63, 3.8) is 0 Å². The fraction of sp³-hybridized carbons (Fsp3) is 0.261. The molecule has 0 unspecified atom stereocenters. The van der Waals surface area contributed by atoms with Crippen LogP contribution in [0.25, 0.3) is 0 Å². The summed E-state index contributed by atoms with van der Waals surface area (Å²) in [5, 5.41) is 3.03. The minimum Gasteiger partial charge on any atom is -0.383 e. The summed E-state index contributed by atoms with van der Waals surface area (Å²) in [5.41, 5.74) is 0.619. The Hall–Kier alpha value is -2.97. The van der Waals surface area contributed by atoms with Gasteiger partial charge in [0.05, 0.1) is 24.4 Å². The normalized spacial score (nSPS) is 11.4. The van der Waals surface area contributed by atoms with Gasteiger partial charge in [-0.25, -0.2) is 4.79 Å². The molecule has 0 atom stereocenters. The molecule has 2 aromatic carbocycles. The molecule has 0 fully saturated rings. The van der Waals surface area contributed by atoms with Gasteiger partial charge in [0.2, 0.25) is 0 Å². The third-order valence-electron chi connectivity index (χ3n) is 4.84. The fourth-order valence-corrected chi connectivity index (χ4v) is 3.48. The minimum atomic E-state index is -4.58. The summed E-state index contributed by atoms with van der Waals surface area (Å²) in [7, 11) is 1.50. The van der Waals surface area contributed by atoms with Gasteiger partial charge in [0.1, 0.15) is 0 Å². The SMILES string of the molecule is COCCN(Cc1cccn1Cc1cccc(Cl)c1)C(=O)Nc1ccccc1C(F)(F)F. The Morgan fingerprint density at radius 3 is 2.62 bits per heavy atom. The summed E-state index contributed by atoms with van der Waals surface area (Å²) in [6.07, 6.45) is -2.70. The zero-order chi connectivity index (χ0) is 23.1. The highest BCUT2D eigenvalue weighted by atomic mass is 35.5. The zero-order valence-electron chi connectivity index (χ0n) is 17.4. The van der Waals surface area contributed by atoms with E-state index in [9.17, 15) is 18.0 Å². The Balaban J connectivity index is 1.78. The average molecular weight is 466 g/mol. The van der Waals surface area contributed by atoms with E-state index in [1.807, 2.05) is 41.1 Å². The molecule has 1 N–H and O–H groups in total. The van der Waals surface area contributed by atoms with Gasteiger partial charge in [-0.2, -0.15) is 13.2 Å². The number of nitrogens with one attached hydrogen (secondary N) is 1. The molecule has 1 aromatic heterocycles. The first kappa shape index (κ1) is 23.7. The van der Waals surface area contributed by atoms with E-state index in [4.69, 9.17) is 16.3 Å². The number of aromatic nitrogens is 1. The van der Waals surface area contributed by atoms with E-state index in [2.05, 4.69) is 5.32 Å². The first-order valence-electron chi connectivity index (χ1n) is 9.87. The number of para-hydroxylation sites is 1. The van der Waals surface area contributed by atoms with Crippen molar-refractivity contribution in [1.29, 1.82) is 0 Å². The molecule has 3 rings (SSSR count). The molecule has 0 radical (unpaired) electrons. The van der Waals surface area contributed by atoms with Crippen molar-refractivity contribution < 1.29 is 22.7 Å². The number of hydrogen-bond acceptors (Lipinski definition) is 2. The molecule has 0 spiro atoms. The molecule has 0 aliphatic rings. The summed E-state index contributed by atoms with van der Waals surface area (Å²) < 4.78 is 46.9. The molecule has 0 saturated carbocycles. The minimum absolute atomic E-state index is 0.191. The number of methoxy groups -OCH3 is 1. The van der Waals surface area contributed by atoms with E-state index in [1.54, 1.807) is 6.07 Å². The predicted molar refractivity (Wildman–Crippen MR) is 118 cm³/mol. The van der Waals surface area contributed by atoms with Crippen LogP contribution in [0.5, 0.6) is 0 Å². The summed E-state index contributed by atoms with van der Waals surface area (Å²) in [5.74, 6) is 0. The van der Waals surface area contributed by atoms with E-state index in [1.165, 1.54) is 30.2 Å². The van der Waals surface area contributed by atoms with Gasteiger partial charge >= 0.3 is 12.2 Å². The van der Waals surface area contributed by atoms with Gasteiger partial charge in [-0.15, -0.1) is 0 Å². The van der Waals surface area contributed by atoms with Crippen molar-refractivity contribution in [3.8, 4) is 0 Å². The molecule has 32 heavy (non-hydrogen) atoms. The van der Waals surface area contributed by atoms with Gasteiger partial charge in [-0.05, 0) is 42.0 Å². The molecular weight excluding hydrogens is 443 g/mol. The molecule has 170 valence electrons. The fourth-order valence-electron chi connectivity index (χ4n) is 3.26. The first-order chi connectivity index (χ1) is 15.3. The summed E-state index contributed by atoms with van der Waals surface area (Å²) >= 11 is 6.07. The average Bonchev–Trinajstić information content (AvgIpc) is 3.17. The first-order valence-corrected chi connectivity index (χ1v) is 10.3. The maximum Gasteiger partial charge on any atom is 0.418 e. The van der Waals surface area contributed by atoms with E-state index >= 15 is 0 Å². The Bertz CT molecular complexity index is 1050. The number of benzene rings is 2. The number of carbonyl (C=O) groups excluding carboxylic acids is 1. The second-order valence-electron chi connectivity index (χ2n) is 7.15. The largest absolute Gasteiger partial charge is 0.418 e. The molecule has 0 aliphatic carbocycles. The quantitative estimate of drug-likeness (QED) is 0.451. The highest BCUT2D eigenvalue weighted by molar-refractivity contribution is 6.30. The molecule has 2 amide bonds. The van der Waals surface area contributed by atoms with Crippen molar-refractivity contribution in [2.75, 3.05) is 25.6 Å². The zero-order valence-corrected chi connectivity index (χ0v) is 18.2. The Labute approximate surface area is 189 Å². The van der Waals surface area contributed by atoms with E-state index < -0.39 is 17.8 Å². The third-order valence-corrected chi connectivity index (χ3v) is 5.08. The highest BCUT2D eigenvalue weighted by Crippen LogP contribution is 2.34. The number of amides is 2. The Morgan fingerprint density at radius 1 is 1.12 bits per heavy atom. The van der Waals surface area contributed by atoms with Crippen molar-refractivity contribution in [3.05, 3.63) is 88.7 Å². The monoisotopic (exact) mass is 465 g/mol. The van der Waals surface area contributed by atoms with E-state index in [0.29, 0.717) is 11.6 Å². The van der Waals surface area contributed by atoms with Gasteiger partial charge in [-0.3, -0.25) is 0 Å². The number of carbonyl (C=O) groups is 1. The second-order valence-corrected chi connectivity index (χ2v) is 7.58. The van der Waals surface area contributed by atoms with E-state index in [-0.39, 0.29) is 25.4 Å². The number of urea groups is 1. The molecule has 0 aliphatic heterocycles. The van der Waals surface area contributed by atoms with Crippen LogP contribution < -0.4 is 5.32 Å². The molecular formula is C23H23ClF3N3O2. The van der Waals surface area contributed by atoms with Gasteiger partial charge in [0.25, 0.3) is 0 Å². The van der Waals surface area contributed by atoms with Crippen LogP contribution in [-0.4, -0.2) is 35.8 Å². The lowest BCUT2D eigenvalue weighted by Crippen LogP contribution is -2.37. The lowest BCUT2D eigenvalue weighted by molar-refractivity contribution is -0.136. The van der Waals surface area contributed by atoms with Crippen molar-refractivity contribution in [1.82, 2.24) is 9.47 Å². The topological polar surface area (TPSA) is 46.5 Å². The van der Waals surface area contributed by atoms with Gasteiger partial charge in [-0.1, -0.05) is 35.9 Å². The van der Waals surface area contributed by atoms with E-state index in [0.717, 1.165) is 17.3 Å².